The smallest absolute Gasteiger partial charge is 0.270 e. The second-order valence-electron chi connectivity index (χ2n) is 3.26. The zero-order chi connectivity index (χ0) is 11.4. The number of benzene rings is 1. The first-order valence-corrected chi connectivity index (χ1v) is 4.45. The maximum Gasteiger partial charge on any atom is 0.270 e. The molecule has 0 aliphatic carbocycles. The van der Waals surface area contributed by atoms with Crippen molar-refractivity contribution in [2.75, 3.05) is 0 Å². The Kier molecular flexibility index (Phi) is 3.38. The summed E-state index contributed by atoms with van der Waals surface area (Å²) in [4.78, 5) is 20.6. The van der Waals surface area contributed by atoms with E-state index >= 15 is 0 Å². The molecule has 0 fully saturated rings. The van der Waals surface area contributed by atoms with Crippen molar-refractivity contribution < 1.29 is 14.5 Å². The first-order valence-electron chi connectivity index (χ1n) is 4.45. The van der Waals surface area contributed by atoms with Crippen LogP contribution >= 0.6 is 0 Å². The third kappa shape index (κ3) is 2.77. The van der Waals surface area contributed by atoms with Crippen molar-refractivity contribution in [3.8, 4) is 5.75 Å². The van der Waals surface area contributed by atoms with Crippen LogP contribution in [0, 0.1) is 10.1 Å². The highest BCUT2D eigenvalue weighted by molar-refractivity contribution is 5.80. The molecule has 0 radical (unpaired) electrons. The molecule has 0 aromatic heterocycles. The van der Waals surface area contributed by atoms with Gasteiger partial charge in [0.05, 0.1) is 16.6 Å². The Morgan fingerprint density at radius 2 is 2.13 bits per heavy atom. The minimum atomic E-state index is -0.549. The molecule has 1 rings (SSSR count). The molecule has 0 heterocycles. The summed E-state index contributed by atoms with van der Waals surface area (Å²) in [7, 11) is 0. The number of non-ortho nitro benzene ring substituents is 1. The zero-order valence-electron chi connectivity index (χ0n) is 8.47. The van der Waals surface area contributed by atoms with Crippen molar-refractivity contribution in [2.24, 2.45) is 0 Å². The Labute approximate surface area is 86.8 Å². The molecule has 0 saturated heterocycles. The van der Waals surface area contributed by atoms with Gasteiger partial charge < -0.3 is 4.74 Å². The van der Waals surface area contributed by atoms with Crippen molar-refractivity contribution >= 4 is 12.0 Å². The normalized spacial score (nSPS) is 10.1. The maximum absolute atomic E-state index is 10.7. The van der Waals surface area contributed by atoms with E-state index in [1.54, 1.807) is 0 Å². The van der Waals surface area contributed by atoms with Gasteiger partial charge in [0.25, 0.3) is 5.69 Å². The number of ether oxygens (including phenoxy) is 1. The summed E-state index contributed by atoms with van der Waals surface area (Å²) in [6.07, 6.45) is 0.468. The van der Waals surface area contributed by atoms with Gasteiger partial charge >= 0.3 is 0 Å². The second kappa shape index (κ2) is 4.54. The van der Waals surface area contributed by atoms with Gasteiger partial charge in [0, 0.05) is 12.1 Å². The average Bonchev–Trinajstić information content (AvgIpc) is 2.17. The lowest BCUT2D eigenvalue weighted by Crippen LogP contribution is -2.07. The molecule has 5 nitrogen and oxygen atoms in total. The number of hydrogen-bond acceptors (Lipinski definition) is 4. The van der Waals surface area contributed by atoms with Crippen LogP contribution in [0.1, 0.15) is 24.2 Å². The van der Waals surface area contributed by atoms with Crippen LogP contribution in [0.25, 0.3) is 0 Å². The van der Waals surface area contributed by atoms with E-state index in [4.69, 9.17) is 4.74 Å². The molecule has 0 unspecified atom stereocenters. The van der Waals surface area contributed by atoms with Crippen molar-refractivity contribution in [1.29, 1.82) is 0 Å². The number of carbonyl (C=O) groups excluding carboxylic acids is 1. The van der Waals surface area contributed by atoms with Crippen molar-refractivity contribution in [1.82, 2.24) is 0 Å². The van der Waals surface area contributed by atoms with Crippen LogP contribution in [-0.2, 0) is 0 Å². The summed E-state index contributed by atoms with van der Waals surface area (Å²) in [6, 6.07) is 3.94. The molecule has 1 aromatic carbocycles. The van der Waals surface area contributed by atoms with Crippen LogP contribution < -0.4 is 4.74 Å². The molecule has 0 N–H and O–H groups in total. The van der Waals surface area contributed by atoms with Crippen LogP contribution in [0.4, 0.5) is 5.69 Å². The maximum atomic E-state index is 10.7. The monoisotopic (exact) mass is 209 g/mol. The minimum absolute atomic E-state index is 0.0786. The molecule has 15 heavy (non-hydrogen) atoms. The quantitative estimate of drug-likeness (QED) is 0.433. The van der Waals surface area contributed by atoms with Gasteiger partial charge in [-0.3, -0.25) is 14.9 Å². The van der Waals surface area contributed by atoms with Gasteiger partial charge in [0.1, 0.15) is 5.75 Å². The van der Waals surface area contributed by atoms with E-state index in [0.717, 1.165) is 0 Å². The highest BCUT2D eigenvalue weighted by atomic mass is 16.6. The number of rotatable bonds is 4. The van der Waals surface area contributed by atoms with E-state index in [9.17, 15) is 14.9 Å². The predicted molar refractivity (Wildman–Crippen MR) is 54.2 cm³/mol. The molecule has 0 aliphatic heterocycles. The number of aldehydes is 1. The number of carbonyl (C=O) groups is 1. The highest BCUT2D eigenvalue weighted by Crippen LogP contribution is 2.23. The third-order valence-electron chi connectivity index (χ3n) is 1.69. The highest BCUT2D eigenvalue weighted by Gasteiger charge is 2.11. The van der Waals surface area contributed by atoms with E-state index in [2.05, 4.69) is 0 Å². The van der Waals surface area contributed by atoms with Crippen LogP contribution in [-0.4, -0.2) is 17.3 Å². The second-order valence-corrected chi connectivity index (χ2v) is 3.26. The van der Waals surface area contributed by atoms with Gasteiger partial charge in [-0.2, -0.15) is 0 Å². The minimum Gasteiger partial charge on any atom is -0.490 e. The molecule has 0 spiro atoms. The first kappa shape index (κ1) is 11.2. The topological polar surface area (TPSA) is 69.4 Å². The Morgan fingerprint density at radius 3 is 2.60 bits per heavy atom. The SMILES string of the molecule is CC(C)Oc1ccc([N+](=O)[O-])cc1C=O. The number of nitro benzene ring substituents is 1. The van der Waals surface area contributed by atoms with Crippen LogP contribution in [0.15, 0.2) is 18.2 Å². The Balaban J connectivity index is 3.09. The molecular weight excluding hydrogens is 198 g/mol. The van der Waals surface area contributed by atoms with Gasteiger partial charge in [-0.1, -0.05) is 0 Å². The molecule has 80 valence electrons. The van der Waals surface area contributed by atoms with E-state index < -0.39 is 4.92 Å². The molecule has 0 amide bonds. The summed E-state index contributed by atoms with van der Waals surface area (Å²) in [5.41, 5.74) is 0.0751. The Morgan fingerprint density at radius 1 is 1.47 bits per heavy atom. The number of nitro groups is 1. The fourth-order valence-electron chi connectivity index (χ4n) is 1.10. The lowest BCUT2D eigenvalue weighted by atomic mass is 10.2. The summed E-state index contributed by atoms with van der Waals surface area (Å²) >= 11 is 0. The lowest BCUT2D eigenvalue weighted by molar-refractivity contribution is -0.384. The summed E-state index contributed by atoms with van der Waals surface area (Å²) in [5, 5.41) is 10.5. The zero-order valence-corrected chi connectivity index (χ0v) is 8.47. The Hall–Kier alpha value is -1.91. The van der Waals surface area contributed by atoms with Gasteiger partial charge in [-0.05, 0) is 19.9 Å². The first-order chi connectivity index (χ1) is 7.04. The Bertz CT molecular complexity index is 387. The molecule has 1 aromatic rings. The van der Waals surface area contributed by atoms with Crippen molar-refractivity contribution in [3.63, 3.8) is 0 Å². The van der Waals surface area contributed by atoms with E-state index in [0.29, 0.717) is 12.0 Å². The van der Waals surface area contributed by atoms with Crippen LogP contribution in [0.2, 0.25) is 0 Å². The van der Waals surface area contributed by atoms with Crippen LogP contribution in [0.3, 0.4) is 0 Å². The van der Waals surface area contributed by atoms with E-state index in [1.165, 1.54) is 18.2 Å². The number of hydrogen-bond donors (Lipinski definition) is 0. The standard InChI is InChI=1S/C10H11NO4/c1-7(2)15-10-4-3-9(11(13)14)5-8(10)6-12/h3-7H,1-2H3. The van der Waals surface area contributed by atoms with Crippen LogP contribution in [0.5, 0.6) is 5.75 Å². The van der Waals surface area contributed by atoms with Gasteiger partial charge in [0.2, 0.25) is 0 Å². The van der Waals surface area contributed by atoms with Gasteiger partial charge in [0.15, 0.2) is 6.29 Å². The van der Waals surface area contributed by atoms with E-state index in [-0.39, 0.29) is 17.4 Å². The predicted octanol–water partition coefficient (Wildman–Crippen LogP) is 2.19. The van der Waals surface area contributed by atoms with Crippen molar-refractivity contribution in [2.45, 2.75) is 20.0 Å². The number of nitrogens with zero attached hydrogens (tertiary/aromatic N) is 1. The molecule has 0 aliphatic rings. The van der Waals surface area contributed by atoms with Crippen molar-refractivity contribution in [3.05, 3.63) is 33.9 Å². The summed E-state index contributed by atoms with van der Waals surface area (Å²) in [6.45, 7) is 3.63. The summed E-state index contributed by atoms with van der Waals surface area (Å²) < 4.78 is 5.32. The molecule has 0 saturated carbocycles. The van der Waals surface area contributed by atoms with Gasteiger partial charge in [-0.25, -0.2) is 0 Å². The summed E-state index contributed by atoms with van der Waals surface area (Å²) in [5.74, 6) is 0.366. The molecule has 5 heteroatoms. The molecule has 0 bridgehead atoms. The molecule has 0 atom stereocenters. The largest absolute Gasteiger partial charge is 0.490 e. The third-order valence-corrected chi connectivity index (χ3v) is 1.69. The fourth-order valence-corrected chi connectivity index (χ4v) is 1.10. The molecular formula is C10H11NO4. The van der Waals surface area contributed by atoms with E-state index in [1.807, 2.05) is 13.8 Å². The van der Waals surface area contributed by atoms with Gasteiger partial charge in [-0.15, -0.1) is 0 Å². The fraction of sp³-hybridized carbons (Fsp3) is 0.300. The average molecular weight is 209 g/mol. The lowest BCUT2D eigenvalue weighted by Gasteiger charge is -2.10.